The molecule has 6 nitrogen and oxygen atoms in total. The molecule has 0 spiro atoms. The van der Waals surface area contributed by atoms with E-state index in [1.54, 1.807) is 0 Å². The molecule has 0 radical (unpaired) electrons. The van der Waals surface area contributed by atoms with E-state index < -0.39 is 18.3 Å². The number of aliphatic hydroxyl groups excluding tert-OH is 3. The van der Waals surface area contributed by atoms with Crippen LogP contribution in [0.5, 0.6) is 0 Å². The van der Waals surface area contributed by atoms with Crippen LogP contribution in [0.25, 0.3) is 0 Å². The quantitative estimate of drug-likeness (QED) is 0.684. The molecule has 0 unspecified atom stereocenters. The molecule has 1 aliphatic carbocycles. The van der Waals surface area contributed by atoms with Crippen LogP contribution in [0.1, 0.15) is 45.4 Å². The number of hydrogen-bond donors (Lipinski definition) is 3. The third-order valence-electron chi connectivity index (χ3n) is 6.36. The van der Waals surface area contributed by atoms with Crippen LogP contribution in [0.3, 0.4) is 0 Å². The van der Waals surface area contributed by atoms with Crippen LogP contribution in [0, 0.1) is 11.8 Å². The average molecular weight is 340 g/mol. The Morgan fingerprint density at radius 1 is 1.00 bits per heavy atom. The van der Waals surface area contributed by atoms with E-state index in [-0.39, 0.29) is 12.0 Å². The van der Waals surface area contributed by atoms with Crippen molar-refractivity contribution < 1.29 is 20.1 Å². The molecule has 1 saturated carbocycles. The maximum atomic E-state index is 12.5. The van der Waals surface area contributed by atoms with Crippen molar-refractivity contribution in [1.29, 1.82) is 0 Å². The predicted octanol–water partition coefficient (Wildman–Crippen LogP) is 0.202. The zero-order chi connectivity index (χ0) is 17.3. The molecule has 0 aromatic heterocycles. The summed E-state index contributed by atoms with van der Waals surface area (Å²) >= 11 is 0. The summed E-state index contributed by atoms with van der Waals surface area (Å²) in [6.07, 6.45) is 3.61. The van der Waals surface area contributed by atoms with Crippen molar-refractivity contribution in [3.8, 4) is 0 Å². The molecule has 6 heteroatoms. The summed E-state index contributed by atoms with van der Waals surface area (Å²) in [6.45, 7) is 4.78. The Hall–Kier alpha value is -0.690. The normalized spacial score (nSPS) is 37.1. The summed E-state index contributed by atoms with van der Waals surface area (Å²) < 4.78 is 0. The second kappa shape index (κ2) is 7.68. The van der Waals surface area contributed by atoms with Crippen LogP contribution in [0.2, 0.25) is 0 Å². The molecule has 2 saturated heterocycles. The monoisotopic (exact) mass is 340 g/mol. The topological polar surface area (TPSA) is 84.2 Å². The van der Waals surface area contributed by atoms with Crippen LogP contribution < -0.4 is 0 Å². The highest BCUT2D eigenvalue weighted by atomic mass is 16.4. The molecular weight excluding hydrogens is 308 g/mol. The zero-order valence-corrected chi connectivity index (χ0v) is 14.7. The molecular formula is C18H32N2O4. The molecule has 138 valence electrons. The molecule has 2 heterocycles. The van der Waals surface area contributed by atoms with Gasteiger partial charge in [0.05, 0.1) is 12.2 Å². The van der Waals surface area contributed by atoms with Gasteiger partial charge in [-0.3, -0.25) is 9.69 Å². The lowest BCUT2D eigenvalue weighted by atomic mass is 9.90. The van der Waals surface area contributed by atoms with Crippen LogP contribution in [-0.2, 0) is 4.79 Å². The first-order valence-electron chi connectivity index (χ1n) is 9.54. The van der Waals surface area contributed by atoms with Crippen LogP contribution in [-0.4, -0.2) is 81.6 Å². The Morgan fingerprint density at radius 2 is 1.62 bits per heavy atom. The fourth-order valence-electron chi connectivity index (χ4n) is 4.58. The number of piperidine rings is 2. The number of β-amino-alcohol motifs (C(OH)–C–C–N with tert-alkyl or cyclic N) is 1. The van der Waals surface area contributed by atoms with Gasteiger partial charge in [-0.15, -0.1) is 0 Å². The summed E-state index contributed by atoms with van der Waals surface area (Å²) in [7, 11) is 0. The van der Waals surface area contributed by atoms with Gasteiger partial charge >= 0.3 is 0 Å². The number of hydrogen-bond acceptors (Lipinski definition) is 5. The van der Waals surface area contributed by atoms with Gasteiger partial charge < -0.3 is 20.2 Å². The van der Waals surface area contributed by atoms with Crippen LogP contribution in [0.4, 0.5) is 0 Å². The first kappa shape index (κ1) is 18.1. The number of nitrogens with zero attached hydrogens (tertiary/aromatic N) is 2. The summed E-state index contributed by atoms with van der Waals surface area (Å²) in [6, 6.07) is -0.151. The smallest absolute Gasteiger partial charge is 0.225 e. The average Bonchev–Trinajstić information content (AvgIpc) is 3.12. The van der Waals surface area contributed by atoms with Crippen molar-refractivity contribution in [1.82, 2.24) is 9.80 Å². The van der Waals surface area contributed by atoms with E-state index in [1.165, 1.54) is 12.8 Å². The number of aliphatic hydroxyl groups is 3. The largest absolute Gasteiger partial charge is 0.389 e. The highest BCUT2D eigenvalue weighted by Gasteiger charge is 2.40. The lowest BCUT2D eigenvalue weighted by Gasteiger charge is -2.44. The minimum Gasteiger partial charge on any atom is -0.389 e. The molecule has 1 amide bonds. The van der Waals surface area contributed by atoms with Gasteiger partial charge in [-0.05, 0) is 38.5 Å². The first-order chi connectivity index (χ1) is 11.5. The third-order valence-corrected chi connectivity index (χ3v) is 6.36. The Balaban J connectivity index is 1.47. The lowest BCUT2D eigenvalue weighted by molar-refractivity contribution is -0.140. The highest BCUT2D eigenvalue weighted by molar-refractivity contribution is 5.79. The Kier molecular flexibility index (Phi) is 5.80. The van der Waals surface area contributed by atoms with Crippen molar-refractivity contribution in [2.24, 2.45) is 11.8 Å². The minimum atomic E-state index is -1.05. The number of carbonyl (C=O) groups excluding carboxylic acids is 1. The molecule has 0 bridgehead atoms. The maximum Gasteiger partial charge on any atom is 0.225 e. The number of carbonyl (C=O) groups is 1. The van der Waals surface area contributed by atoms with Gasteiger partial charge in [0.25, 0.3) is 0 Å². The van der Waals surface area contributed by atoms with Gasteiger partial charge in [0.2, 0.25) is 5.91 Å². The lowest BCUT2D eigenvalue weighted by Crippen LogP contribution is -2.61. The third kappa shape index (κ3) is 3.77. The van der Waals surface area contributed by atoms with Crippen molar-refractivity contribution in [2.75, 3.05) is 26.2 Å². The number of amides is 1. The minimum absolute atomic E-state index is 0.151. The highest BCUT2D eigenvalue weighted by Crippen LogP contribution is 2.29. The van der Waals surface area contributed by atoms with Gasteiger partial charge in [0, 0.05) is 38.1 Å². The van der Waals surface area contributed by atoms with Gasteiger partial charge in [-0.25, -0.2) is 0 Å². The summed E-state index contributed by atoms with van der Waals surface area (Å²) in [5, 5.41) is 29.7. The van der Waals surface area contributed by atoms with E-state index in [0.717, 1.165) is 45.3 Å². The van der Waals surface area contributed by atoms with E-state index in [1.807, 2.05) is 11.8 Å². The van der Waals surface area contributed by atoms with Crippen molar-refractivity contribution in [3.63, 3.8) is 0 Å². The van der Waals surface area contributed by atoms with Gasteiger partial charge in [0.1, 0.15) is 6.10 Å². The van der Waals surface area contributed by atoms with Gasteiger partial charge in [0.15, 0.2) is 0 Å². The molecule has 3 N–H and O–H groups in total. The molecule has 3 aliphatic rings. The van der Waals surface area contributed by atoms with Crippen molar-refractivity contribution in [3.05, 3.63) is 0 Å². The standard InChI is InChI=1S/C18H32N2O4/c1-12-16(22)17(23)15(21)11-20(12)10-13-6-8-19(9-7-13)18(24)14-4-2-3-5-14/h12-17,21-23H,2-11H2,1H3/t12-,15+,16-,17-/m1/s1. The first-order valence-corrected chi connectivity index (χ1v) is 9.54. The van der Waals surface area contributed by atoms with E-state index in [9.17, 15) is 20.1 Å². The SMILES string of the molecule is C[C@@H]1[C@@H](O)[C@H](O)[C@@H](O)CN1CC1CCN(C(=O)C2CCCC2)CC1. The second-order valence-corrected chi connectivity index (χ2v) is 7.99. The van der Waals surface area contributed by atoms with Crippen molar-refractivity contribution in [2.45, 2.75) is 69.8 Å². The molecule has 0 aromatic carbocycles. The summed E-state index contributed by atoms with van der Waals surface area (Å²) in [5.74, 6) is 1.09. The number of rotatable bonds is 3. The molecule has 2 aliphatic heterocycles. The predicted molar refractivity (Wildman–Crippen MR) is 90.3 cm³/mol. The maximum absolute atomic E-state index is 12.5. The number of likely N-dealkylation sites (tertiary alicyclic amines) is 2. The second-order valence-electron chi connectivity index (χ2n) is 7.99. The van der Waals surface area contributed by atoms with Crippen LogP contribution in [0.15, 0.2) is 0 Å². The summed E-state index contributed by atoms with van der Waals surface area (Å²) in [4.78, 5) is 16.6. The molecule has 3 fully saturated rings. The van der Waals surface area contributed by atoms with E-state index in [4.69, 9.17) is 0 Å². The van der Waals surface area contributed by atoms with Crippen LogP contribution >= 0.6 is 0 Å². The molecule has 3 rings (SSSR count). The van der Waals surface area contributed by atoms with E-state index >= 15 is 0 Å². The molecule has 0 aromatic rings. The van der Waals surface area contributed by atoms with E-state index in [0.29, 0.717) is 18.4 Å². The fraction of sp³-hybridized carbons (Fsp3) is 0.944. The molecule has 24 heavy (non-hydrogen) atoms. The van der Waals surface area contributed by atoms with Crippen molar-refractivity contribution >= 4 is 5.91 Å². The zero-order valence-electron chi connectivity index (χ0n) is 14.7. The fourth-order valence-corrected chi connectivity index (χ4v) is 4.58. The van der Waals surface area contributed by atoms with Gasteiger partial charge in [-0.1, -0.05) is 12.8 Å². The Morgan fingerprint density at radius 3 is 2.25 bits per heavy atom. The Bertz CT molecular complexity index is 433. The summed E-state index contributed by atoms with van der Waals surface area (Å²) in [5.41, 5.74) is 0. The van der Waals surface area contributed by atoms with E-state index in [2.05, 4.69) is 4.90 Å². The molecule has 4 atom stereocenters. The Labute approximate surface area is 144 Å². The van der Waals surface area contributed by atoms with Gasteiger partial charge in [-0.2, -0.15) is 0 Å².